The highest BCUT2D eigenvalue weighted by molar-refractivity contribution is 9.13. The lowest BCUT2D eigenvalue weighted by Gasteiger charge is -2.01. The molecule has 0 aliphatic carbocycles. The van der Waals surface area contributed by atoms with E-state index in [4.69, 9.17) is 0 Å². The highest BCUT2D eigenvalue weighted by Gasteiger charge is 2.14. The van der Waals surface area contributed by atoms with Crippen molar-refractivity contribution in [2.24, 2.45) is 0 Å². The number of anilines is 1. The van der Waals surface area contributed by atoms with Gasteiger partial charge in [0.05, 0.1) is 5.56 Å². The molecule has 1 aromatic carbocycles. The molecule has 0 saturated heterocycles. The zero-order valence-electron chi connectivity index (χ0n) is 11.1. The molecule has 0 bridgehead atoms. The third kappa shape index (κ3) is 2.75. The first-order valence-electron chi connectivity index (χ1n) is 6.40. The number of benzene rings is 1. The number of aryl methyl sites for hydroxylation is 1. The lowest BCUT2D eigenvalue weighted by Crippen LogP contribution is -2.11. The summed E-state index contributed by atoms with van der Waals surface area (Å²) in [6.07, 6.45) is 2.54. The molecule has 1 amide bonds. The number of hydrogen-bond donors (Lipinski definition) is 3. The Labute approximate surface area is 137 Å². The first-order valence-corrected chi connectivity index (χ1v) is 7.99. The van der Waals surface area contributed by atoms with Gasteiger partial charge in [0.15, 0.2) is 5.82 Å². The second kappa shape index (κ2) is 5.65. The minimum absolute atomic E-state index is 0.190. The molecule has 2 aromatic heterocycles. The molecule has 0 aliphatic heterocycles. The second-order valence-corrected chi connectivity index (χ2v) is 6.31. The van der Waals surface area contributed by atoms with Gasteiger partial charge in [-0.1, -0.05) is 6.92 Å². The van der Waals surface area contributed by atoms with Crippen LogP contribution in [-0.2, 0) is 6.42 Å². The van der Waals surface area contributed by atoms with Crippen LogP contribution < -0.4 is 5.32 Å². The number of hydrogen-bond acceptors (Lipinski definition) is 2. The summed E-state index contributed by atoms with van der Waals surface area (Å²) in [7, 11) is 0. The lowest BCUT2D eigenvalue weighted by molar-refractivity contribution is 0.102. The fraction of sp³-hybridized carbons (Fsp3) is 0.143. The predicted octanol–water partition coefficient (Wildman–Crippen LogP) is 4.23. The van der Waals surface area contributed by atoms with Crippen LogP contribution in [0.2, 0.25) is 0 Å². The van der Waals surface area contributed by atoms with Crippen molar-refractivity contribution in [1.82, 2.24) is 15.2 Å². The molecule has 21 heavy (non-hydrogen) atoms. The largest absolute Gasteiger partial charge is 0.360 e. The summed E-state index contributed by atoms with van der Waals surface area (Å²) in [6, 6.07) is 5.67. The monoisotopic (exact) mass is 410 g/mol. The Morgan fingerprint density at radius 2 is 2.05 bits per heavy atom. The van der Waals surface area contributed by atoms with Gasteiger partial charge in [-0.2, -0.15) is 5.10 Å². The summed E-state index contributed by atoms with van der Waals surface area (Å²) in [5, 5.41) is 10.6. The average Bonchev–Trinajstić information content (AvgIpc) is 3.06. The van der Waals surface area contributed by atoms with Crippen molar-refractivity contribution in [3.05, 3.63) is 44.6 Å². The number of amides is 1. The molecule has 7 heteroatoms. The minimum Gasteiger partial charge on any atom is -0.360 e. The van der Waals surface area contributed by atoms with E-state index in [0.717, 1.165) is 32.0 Å². The van der Waals surface area contributed by atoms with Crippen molar-refractivity contribution in [3.63, 3.8) is 0 Å². The number of rotatable bonds is 3. The molecule has 0 aliphatic rings. The van der Waals surface area contributed by atoms with E-state index < -0.39 is 0 Å². The van der Waals surface area contributed by atoms with Gasteiger partial charge in [0.1, 0.15) is 0 Å². The van der Waals surface area contributed by atoms with Crippen LogP contribution in [0, 0.1) is 0 Å². The van der Waals surface area contributed by atoms with Crippen molar-refractivity contribution >= 4 is 54.5 Å². The van der Waals surface area contributed by atoms with E-state index in [9.17, 15) is 4.79 Å². The summed E-state index contributed by atoms with van der Waals surface area (Å²) < 4.78 is 1.83. The lowest BCUT2D eigenvalue weighted by atomic mass is 10.1. The number of nitrogens with zero attached hydrogens (tertiary/aromatic N) is 1. The van der Waals surface area contributed by atoms with E-state index in [1.165, 1.54) is 0 Å². The molecule has 3 N–H and O–H groups in total. The number of aromatic nitrogens is 3. The molecule has 5 nitrogen and oxygen atoms in total. The van der Waals surface area contributed by atoms with Crippen LogP contribution in [-0.4, -0.2) is 21.1 Å². The van der Waals surface area contributed by atoms with Crippen molar-refractivity contribution in [1.29, 1.82) is 0 Å². The van der Waals surface area contributed by atoms with Gasteiger partial charge in [0.2, 0.25) is 0 Å². The average molecular weight is 412 g/mol. The molecule has 108 valence electrons. The van der Waals surface area contributed by atoms with Crippen LogP contribution in [0.25, 0.3) is 10.9 Å². The van der Waals surface area contributed by atoms with E-state index in [1.807, 2.05) is 25.1 Å². The maximum Gasteiger partial charge on any atom is 0.259 e. The van der Waals surface area contributed by atoms with Crippen LogP contribution in [0.5, 0.6) is 0 Å². The van der Waals surface area contributed by atoms with Crippen molar-refractivity contribution < 1.29 is 4.79 Å². The maximum atomic E-state index is 12.4. The Morgan fingerprint density at radius 3 is 2.76 bits per heavy atom. The van der Waals surface area contributed by atoms with Gasteiger partial charge < -0.3 is 10.3 Å². The summed E-state index contributed by atoms with van der Waals surface area (Å²) >= 11 is 6.90. The quantitative estimate of drug-likeness (QED) is 0.603. The number of aromatic amines is 2. The number of carbonyl (C=O) groups is 1. The van der Waals surface area contributed by atoms with Gasteiger partial charge in [-0.25, -0.2) is 0 Å². The first kappa shape index (κ1) is 14.3. The number of H-pyrrole nitrogens is 2. The van der Waals surface area contributed by atoms with Crippen LogP contribution in [0.15, 0.2) is 33.3 Å². The molecule has 0 saturated carbocycles. The summed E-state index contributed by atoms with van der Waals surface area (Å²) in [4.78, 5) is 15.5. The van der Waals surface area contributed by atoms with E-state index >= 15 is 0 Å². The normalized spacial score (nSPS) is 11.0. The minimum atomic E-state index is -0.190. The van der Waals surface area contributed by atoms with Crippen LogP contribution in [0.4, 0.5) is 5.82 Å². The number of carbonyl (C=O) groups excluding carboxylic acids is 1. The van der Waals surface area contributed by atoms with E-state index in [2.05, 4.69) is 52.4 Å². The third-order valence-electron chi connectivity index (χ3n) is 3.22. The molecule has 0 fully saturated rings. The zero-order valence-corrected chi connectivity index (χ0v) is 14.3. The van der Waals surface area contributed by atoms with Crippen LogP contribution in [0.1, 0.15) is 23.0 Å². The highest BCUT2D eigenvalue weighted by Crippen LogP contribution is 2.30. The molecular formula is C14H12Br2N4O. The van der Waals surface area contributed by atoms with Crippen LogP contribution >= 0.6 is 31.9 Å². The van der Waals surface area contributed by atoms with Gasteiger partial charge in [0.25, 0.3) is 5.91 Å². The van der Waals surface area contributed by atoms with Gasteiger partial charge in [0, 0.05) is 37.8 Å². The smallest absolute Gasteiger partial charge is 0.259 e. The van der Waals surface area contributed by atoms with Gasteiger partial charge in [-0.3, -0.25) is 9.89 Å². The highest BCUT2D eigenvalue weighted by atomic mass is 79.9. The Balaban J connectivity index is 1.92. The van der Waals surface area contributed by atoms with Gasteiger partial charge >= 0.3 is 0 Å². The molecule has 0 radical (unpaired) electrons. The fourth-order valence-corrected chi connectivity index (χ4v) is 2.78. The van der Waals surface area contributed by atoms with E-state index in [1.54, 1.807) is 6.20 Å². The van der Waals surface area contributed by atoms with Crippen LogP contribution in [0.3, 0.4) is 0 Å². The Morgan fingerprint density at radius 1 is 1.29 bits per heavy atom. The summed E-state index contributed by atoms with van der Waals surface area (Å²) in [5.74, 6) is 0.340. The molecule has 3 rings (SSSR count). The molecule has 2 heterocycles. The summed E-state index contributed by atoms with van der Waals surface area (Å²) in [6.45, 7) is 2.02. The molecule has 0 atom stereocenters. The first-order chi connectivity index (χ1) is 10.1. The molecule has 0 unspecified atom stereocenters. The SMILES string of the molecule is CCc1cc(NC(=O)c2c[nH]c3cc(Br)c(Br)cc23)n[nH]1. The van der Waals surface area contributed by atoms with Gasteiger partial charge in [-0.15, -0.1) is 0 Å². The van der Waals surface area contributed by atoms with Gasteiger partial charge in [-0.05, 0) is 50.4 Å². The Bertz CT molecular complexity index is 822. The zero-order chi connectivity index (χ0) is 15.0. The maximum absolute atomic E-state index is 12.4. The number of halogens is 2. The van der Waals surface area contributed by atoms with E-state index in [-0.39, 0.29) is 5.91 Å². The topological polar surface area (TPSA) is 73.6 Å². The van der Waals surface area contributed by atoms with Crippen molar-refractivity contribution in [2.75, 3.05) is 5.32 Å². The van der Waals surface area contributed by atoms with Crippen molar-refractivity contribution in [2.45, 2.75) is 13.3 Å². The molecular weight excluding hydrogens is 400 g/mol. The van der Waals surface area contributed by atoms with E-state index in [0.29, 0.717) is 11.4 Å². The standard InChI is InChI=1S/C14H12Br2N4O/c1-2-7-3-13(20-19-7)18-14(21)9-6-17-12-5-11(16)10(15)4-8(9)12/h3-6,17H,2H2,1H3,(H2,18,19,20,21). The Hall–Kier alpha value is -1.60. The summed E-state index contributed by atoms with van der Waals surface area (Å²) in [5.41, 5.74) is 2.46. The predicted molar refractivity (Wildman–Crippen MR) is 89.6 cm³/mol. The number of fused-ring (bicyclic) bond motifs is 1. The molecule has 3 aromatic rings. The number of nitrogens with one attached hydrogen (secondary N) is 3. The fourth-order valence-electron chi connectivity index (χ4n) is 2.10. The van der Waals surface area contributed by atoms with Crippen molar-refractivity contribution in [3.8, 4) is 0 Å². The third-order valence-corrected chi connectivity index (χ3v) is 5.06. The molecule has 0 spiro atoms. The second-order valence-electron chi connectivity index (χ2n) is 4.60. The Kier molecular flexibility index (Phi) is 3.86.